The minimum absolute atomic E-state index is 0.0643. The molecule has 0 spiro atoms. The number of nitrogens with zero attached hydrogens (tertiary/aromatic N) is 2. The number of carbonyl (C=O) groups excluding carboxylic acids is 5. The molecule has 222 valence electrons. The van der Waals surface area contributed by atoms with Crippen molar-refractivity contribution in [1.82, 2.24) is 25.5 Å². The number of pyridine rings is 1. The van der Waals surface area contributed by atoms with Crippen molar-refractivity contribution in [3.8, 4) is 5.75 Å². The van der Waals surface area contributed by atoms with E-state index >= 15 is 0 Å². The Morgan fingerprint density at radius 3 is 2.67 bits per heavy atom. The zero-order chi connectivity index (χ0) is 30.2. The molecule has 0 aliphatic carbocycles. The summed E-state index contributed by atoms with van der Waals surface area (Å²) in [5, 5.41) is 6.15. The maximum absolute atomic E-state index is 13.5. The Bertz CT molecular complexity index is 1450. The molecular formula is C30H35N5O7. The van der Waals surface area contributed by atoms with Crippen LogP contribution in [0.2, 0.25) is 0 Å². The molecule has 1 unspecified atom stereocenters. The van der Waals surface area contributed by atoms with Gasteiger partial charge < -0.3 is 30.0 Å². The van der Waals surface area contributed by atoms with E-state index in [4.69, 9.17) is 9.47 Å². The van der Waals surface area contributed by atoms with Crippen molar-refractivity contribution in [2.45, 2.75) is 45.2 Å². The number of hydrogen-bond acceptors (Lipinski definition) is 8. The van der Waals surface area contributed by atoms with E-state index in [1.807, 2.05) is 0 Å². The van der Waals surface area contributed by atoms with Gasteiger partial charge in [-0.15, -0.1) is 0 Å². The maximum atomic E-state index is 13.5. The molecule has 3 N–H and O–H groups in total. The van der Waals surface area contributed by atoms with Crippen LogP contribution in [-0.4, -0.2) is 83.2 Å². The molecule has 3 amide bonds. The molecule has 0 bridgehead atoms. The molecule has 2 atom stereocenters. The van der Waals surface area contributed by atoms with Crippen LogP contribution in [0.5, 0.6) is 5.75 Å². The Hall–Kier alpha value is -4.74. The molecule has 1 aliphatic heterocycles. The van der Waals surface area contributed by atoms with Crippen LogP contribution < -0.4 is 15.4 Å². The predicted octanol–water partition coefficient (Wildman–Crippen LogP) is 2.25. The number of benzene rings is 1. The van der Waals surface area contributed by atoms with Crippen molar-refractivity contribution in [1.29, 1.82) is 0 Å². The van der Waals surface area contributed by atoms with E-state index < -0.39 is 48.2 Å². The lowest BCUT2D eigenvalue weighted by Gasteiger charge is -2.36. The molecule has 1 saturated heterocycles. The summed E-state index contributed by atoms with van der Waals surface area (Å²) in [6.07, 6.45) is 4.20. The minimum atomic E-state index is -1.05. The number of rotatable bonds is 12. The molecule has 4 rings (SSSR count). The largest absolute Gasteiger partial charge is 0.496 e. The van der Waals surface area contributed by atoms with E-state index in [0.29, 0.717) is 24.2 Å². The first kappa shape index (κ1) is 30.2. The number of nitrogens with one attached hydrogen (secondary N) is 3. The molecule has 12 nitrogen and oxygen atoms in total. The zero-order valence-electron chi connectivity index (χ0n) is 23.8. The number of fused-ring (bicyclic) bond motifs is 1. The molecule has 12 heteroatoms. The summed E-state index contributed by atoms with van der Waals surface area (Å²) < 4.78 is 10.6. The molecule has 1 aromatic carbocycles. The third kappa shape index (κ3) is 7.12. The second-order valence-corrected chi connectivity index (χ2v) is 10.3. The van der Waals surface area contributed by atoms with Crippen LogP contribution in [0.3, 0.4) is 0 Å². The Morgan fingerprint density at radius 1 is 1.17 bits per heavy atom. The fourth-order valence-electron chi connectivity index (χ4n) is 5.12. The van der Waals surface area contributed by atoms with E-state index in [1.165, 1.54) is 30.5 Å². The number of piperidine rings is 1. The van der Waals surface area contributed by atoms with Gasteiger partial charge in [-0.2, -0.15) is 0 Å². The smallest absolute Gasteiger partial charge is 0.340 e. The van der Waals surface area contributed by atoms with Crippen molar-refractivity contribution in [2.24, 2.45) is 5.92 Å². The third-order valence-electron chi connectivity index (χ3n) is 7.19. The Morgan fingerprint density at radius 2 is 1.98 bits per heavy atom. The number of aromatic nitrogens is 2. The van der Waals surface area contributed by atoms with E-state index in [-0.39, 0.29) is 30.1 Å². The Balaban J connectivity index is 1.49. The van der Waals surface area contributed by atoms with Gasteiger partial charge in [0.05, 0.1) is 25.3 Å². The van der Waals surface area contributed by atoms with E-state index in [0.717, 1.165) is 11.8 Å². The monoisotopic (exact) mass is 577 g/mol. The normalized spacial score (nSPS) is 15.5. The highest BCUT2D eigenvalue weighted by Gasteiger charge is 2.36. The fourth-order valence-corrected chi connectivity index (χ4v) is 5.12. The van der Waals surface area contributed by atoms with Gasteiger partial charge in [0, 0.05) is 41.8 Å². The molecule has 0 saturated carbocycles. The molecule has 1 fully saturated rings. The SMILES string of the molecule is COc1cccc2[nH]c(C(=O)NCC(=O)N(C(C)C)C(C[C@@H]3CCCNC3=O)C(=O)COC(=O)c3cccnc3)cc12. The highest BCUT2D eigenvalue weighted by molar-refractivity contribution is 6.01. The second-order valence-electron chi connectivity index (χ2n) is 10.3. The number of aromatic amines is 1. The van der Waals surface area contributed by atoms with Gasteiger partial charge >= 0.3 is 5.97 Å². The van der Waals surface area contributed by atoms with Crippen LogP contribution in [0.1, 0.15) is 54.0 Å². The van der Waals surface area contributed by atoms with Crippen molar-refractivity contribution in [2.75, 3.05) is 26.8 Å². The maximum Gasteiger partial charge on any atom is 0.340 e. The molecule has 1 aliphatic rings. The van der Waals surface area contributed by atoms with Crippen LogP contribution in [0.4, 0.5) is 0 Å². The fraction of sp³-hybridized carbons (Fsp3) is 0.400. The summed E-state index contributed by atoms with van der Waals surface area (Å²) in [5.41, 5.74) is 1.13. The van der Waals surface area contributed by atoms with Crippen molar-refractivity contribution < 1.29 is 33.4 Å². The molecular weight excluding hydrogens is 542 g/mol. The molecule has 0 radical (unpaired) electrons. The summed E-state index contributed by atoms with van der Waals surface area (Å²) in [7, 11) is 1.54. The minimum Gasteiger partial charge on any atom is -0.496 e. The lowest BCUT2D eigenvalue weighted by atomic mass is 9.89. The van der Waals surface area contributed by atoms with Crippen molar-refractivity contribution >= 4 is 40.4 Å². The van der Waals surface area contributed by atoms with Gasteiger partial charge in [0.15, 0.2) is 12.4 Å². The first-order valence-electron chi connectivity index (χ1n) is 13.8. The predicted molar refractivity (Wildman–Crippen MR) is 153 cm³/mol. The van der Waals surface area contributed by atoms with Gasteiger partial charge in [0.2, 0.25) is 11.8 Å². The Labute approximate surface area is 243 Å². The van der Waals surface area contributed by atoms with Crippen LogP contribution in [-0.2, 0) is 19.1 Å². The van der Waals surface area contributed by atoms with Crippen LogP contribution in [0.15, 0.2) is 48.8 Å². The van der Waals surface area contributed by atoms with Crippen LogP contribution in [0.25, 0.3) is 10.9 Å². The highest BCUT2D eigenvalue weighted by Crippen LogP contribution is 2.26. The molecule has 3 heterocycles. The third-order valence-corrected chi connectivity index (χ3v) is 7.19. The topological polar surface area (TPSA) is 160 Å². The quantitative estimate of drug-likeness (QED) is 0.276. The summed E-state index contributed by atoms with van der Waals surface area (Å²) in [6, 6.07) is 8.59. The van der Waals surface area contributed by atoms with Crippen molar-refractivity contribution in [3.63, 3.8) is 0 Å². The number of carbonyl (C=O) groups is 5. The first-order chi connectivity index (χ1) is 20.2. The average Bonchev–Trinajstić information content (AvgIpc) is 3.44. The van der Waals surface area contributed by atoms with Gasteiger partial charge in [0.25, 0.3) is 5.91 Å². The number of ketones is 1. The highest BCUT2D eigenvalue weighted by atomic mass is 16.5. The second kappa shape index (κ2) is 13.7. The number of H-pyrrole nitrogens is 1. The number of methoxy groups -OCH3 is 1. The van der Waals surface area contributed by atoms with Crippen LogP contribution >= 0.6 is 0 Å². The van der Waals surface area contributed by atoms with E-state index in [1.54, 1.807) is 44.2 Å². The zero-order valence-corrected chi connectivity index (χ0v) is 23.8. The lowest BCUT2D eigenvalue weighted by Crippen LogP contribution is -2.54. The summed E-state index contributed by atoms with van der Waals surface area (Å²) in [5.74, 6) is -2.36. The van der Waals surface area contributed by atoms with Gasteiger partial charge in [-0.25, -0.2) is 4.79 Å². The number of esters is 1. The molecule has 3 aromatic rings. The first-order valence-corrected chi connectivity index (χ1v) is 13.8. The molecule has 2 aromatic heterocycles. The average molecular weight is 578 g/mol. The summed E-state index contributed by atoms with van der Waals surface area (Å²) >= 11 is 0. The van der Waals surface area contributed by atoms with E-state index in [2.05, 4.69) is 20.6 Å². The number of amides is 3. The van der Waals surface area contributed by atoms with Gasteiger partial charge in [0.1, 0.15) is 11.4 Å². The lowest BCUT2D eigenvalue weighted by molar-refractivity contribution is -0.144. The van der Waals surface area contributed by atoms with Gasteiger partial charge in [-0.05, 0) is 63.4 Å². The van der Waals surface area contributed by atoms with Crippen LogP contribution in [0, 0.1) is 5.92 Å². The van der Waals surface area contributed by atoms with Crippen molar-refractivity contribution in [3.05, 3.63) is 60.0 Å². The standard InChI is InChI=1S/C30H35N5O7/c1-18(2)35(27(37)16-33-29(39)23-14-21-22(34-23)9-4-10-26(21)41-3)24(13-19-7-6-12-32-28(19)38)25(36)17-42-30(40)20-8-5-11-31-15-20/h4-5,8-11,14-15,18-19,24,34H,6-7,12-13,16-17H2,1-3H3,(H,32,38)(H,33,39)/t19-,24?/m0/s1. The molecule has 42 heavy (non-hydrogen) atoms. The summed E-state index contributed by atoms with van der Waals surface area (Å²) in [4.78, 5) is 73.3. The Kier molecular flexibility index (Phi) is 9.89. The number of ether oxygens (including phenoxy) is 2. The number of hydrogen-bond donors (Lipinski definition) is 3. The summed E-state index contributed by atoms with van der Waals surface area (Å²) in [6.45, 7) is 3.06. The van der Waals surface area contributed by atoms with Gasteiger partial charge in [-0.1, -0.05) is 6.07 Å². The van der Waals surface area contributed by atoms with Gasteiger partial charge in [-0.3, -0.25) is 24.2 Å². The van der Waals surface area contributed by atoms with E-state index in [9.17, 15) is 24.0 Å². The number of Topliss-reactive ketones (excluding diaryl/α,β-unsaturated/α-hetero) is 1.